The molecular formula is C24H23I2N3O4. The minimum Gasteiger partial charge on any atom is -0.480 e. The maximum atomic E-state index is 13.3. The van der Waals surface area contributed by atoms with Crippen molar-refractivity contribution in [2.45, 2.75) is 38.0 Å². The van der Waals surface area contributed by atoms with Crippen molar-refractivity contribution in [2.24, 2.45) is 5.10 Å². The predicted molar refractivity (Wildman–Crippen MR) is 144 cm³/mol. The van der Waals surface area contributed by atoms with Gasteiger partial charge in [-0.15, -0.1) is 0 Å². The van der Waals surface area contributed by atoms with Gasteiger partial charge in [-0.05, 0) is 87.9 Å². The third kappa shape index (κ3) is 5.56. The van der Waals surface area contributed by atoms with Crippen molar-refractivity contribution < 1.29 is 14.3 Å². The molecule has 1 aromatic heterocycles. The molecule has 0 unspecified atom stereocenters. The van der Waals surface area contributed by atoms with Crippen LogP contribution in [0.25, 0.3) is 10.9 Å². The molecule has 0 aliphatic heterocycles. The number of methoxy groups -OCH3 is 1. The maximum Gasteiger partial charge on any atom is 0.343 e. The van der Waals surface area contributed by atoms with Crippen molar-refractivity contribution in [2.75, 3.05) is 13.7 Å². The Morgan fingerprint density at radius 1 is 1.18 bits per heavy atom. The Bertz CT molecular complexity index is 1240. The highest BCUT2D eigenvalue weighted by Crippen LogP contribution is 2.32. The minimum absolute atomic E-state index is 0.153. The standard InChI is InChI=1S/C24H23I2N3O4/c1-32-21(30)14-33-22-18(25)11-15(12-19(22)26)13-27-29-23(16-7-3-2-4-8-16)28-20-10-6-5-9-17(20)24(29)31/h5-6,9-13,16H,2-4,7-8,14H2,1H3. The van der Waals surface area contributed by atoms with E-state index in [4.69, 9.17) is 9.72 Å². The third-order valence-electron chi connectivity index (χ3n) is 5.65. The SMILES string of the molecule is COC(=O)COc1c(I)cc(C=Nn2c(C3CCCCC3)nc3ccccc3c2=O)cc1I. The molecule has 1 heterocycles. The van der Waals surface area contributed by atoms with Gasteiger partial charge in [0, 0.05) is 5.92 Å². The largest absolute Gasteiger partial charge is 0.480 e. The lowest BCUT2D eigenvalue weighted by Crippen LogP contribution is -2.25. The lowest BCUT2D eigenvalue weighted by molar-refractivity contribution is -0.142. The summed E-state index contributed by atoms with van der Waals surface area (Å²) in [5, 5.41) is 5.16. The Balaban J connectivity index is 1.71. The number of carbonyl (C=O) groups is 1. The monoisotopic (exact) mass is 671 g/mol. The molecule has 0 bridgehead atoms. The molecule has 1 aliphatic rings. The first-order chi connectivity index (χ1) is 16.0. The summed E-state index contributed by atoms with van der Waals surface area (Å²) in [6, 6.07) is 11.2. The Labute approximate surface area is 218 Å². The zero-order valence-corrected chi connectivity index (χ0v) is 22.4. The Hall–Kier alpha value is -2.02. The maximum absolute atomic E-state index is 13.3. The summed E-state index contributed by atoms with van der Waals surface area (Å²) in [5.74, 6) is 1.14. The second-order valence-electron chi connectivity index (χ2n) is 7.86. The van der Waals surface area contributed by atoms with Crippen LogP contribution in [-0.4, -0.2) is 35.6 Å². The molecule has 3 aromatic rings. The van der Waals surface area contributed by atoms with Gasteiger partial charge in [0.15, 0.2) is 6.61 Å². The summed E-state index contributed by atoms with van der Waals surface area (Å²) in [7, 11) is 1.33. The van der Waals surface area contributed by atoms with Gasteiger partial charge in [-0.3, -0.25) is 4.79 Å². The quantitative estimate of drug-likeness (QED) is 0.208. The molecule has 172 valence electrons. The molecule has 33 heavy (non-hydrogen) atoms. The van der Waals surface area contributed by atoms with Crippen LogP contribution in [0.3, 0.4) is 0 Å². The summed E-state index contributed by atoms with van der Waals surface area (Å²) in [5.41, 5.74) is 1.38. The minimum atomic E-state index is -0.439. The van der Waals surface area contributed by atoms with E-state index in [1.165, 1.54) is 18.2 Å². The number of ether oxygens (including phenoxy) is 2. The van der Waals surface area contributed by atoms with Crippen LogP contribution < -0.4 is 10.3 Å². The average Bonchev–Trinajstić information content (AvgIpc) is 2.83. The fraction of sp³-hybridized carbons (Fsp3) is 0.333. The van der Waals surface area contributed by atoms with Crippen LogP contribution in [-0.2, 0) is 9.53 Å². The van der Waals surface area contributed by atoms with Crippen molar-refractivity contribution in [1.82, 2.24) is 9.66 Å². The van der Waals surface area contributed by atoms with E-state index in [-0.39, 0.29) is 18.1 Å². The molecule has 0 atom stereocenters. The topological polar surface area (TPSA) is 82.8 Å². The van der Waals surface area contributed by atoms with E-state index in [2.05, 4.69) is 55.0 Å². The van der Waals surface area contributed by atoms with E-state index in [0.29, 0.717) is 16.7 Å². The highest BCUT2D eigenvalue weighted by Gasteiger charge is 2.22. The summed E-state index contributed by atoms with van der Waals surface area (Å²) in [6.07, 6.45) is 7.21. The number of hydrogen-bond donors (Lipinski definition) is 0. The van der Waals surface area contributed by atoms with Gasteiger partial charge < -0.3 is 9.47 Å². The van der Waals surface area contributed by atoms with Crippen LogP contribution in [0, 0.1) is 7.14 Å². The summed E-state index contributed by atoms with van der Waals surface area (Å²) in [6.45, 7) is -0.154. The number of esters is 1. The third-order valence-corrected chi connectivity index (χ3v) is 7.26. The fourth-order valence-corrected chi connectivity index (χ4v) is 6.11. The van der Waals surface area contributed by atoms with Crippen molar-refractivity contribution in [3.8, 4) is 5.75 Å². The van der Waals surface area contributed by atoms with Gasteiger partial charge in [0.1, 0.15) is 11.6 Å². The molecule has 0 radical (unpaired) electrons. The zero-order valence-electron chi connectivity index (χ0n) is 18.1. The zero-order chi connectivity index (χ0) is 23.4. The molecule has 7 nitrogen and oxygen atoms in total. The van der Waals surface area contributed by atoms with Gasteiger partial charge in [-0.1, -0.05) is 31.4 Å². The number of halogens is 2. The number of hydrogen-bond acceptors (Lipinski definition) is 6. The molecule has 9 heteroatoms. The van der Waals surface area contributed by atoms with E-state index in [1.54, 1.807) is 12.3 Å². The van der Waals surface area contributed by atoms with Crippen LogP contribution in [0.4, 0.5) is 0 Å². The van der Waals surface area contributed by atoms with Crippen LogP contribution in [0.1, 0.15) is 49.4 Å². The second-order valence-corrected chi connectivity index (χ2v) is 10.2. The first kappa shape index (κ1) is 24.1. The number of nitrogens with zero attached hydrogens (tertiary/aromatic N) is 3. The highest BCUT2D eigenvalue weighted by atomic mass is 127. The van der Waals surface area contributed by atoms with Crippen molar-refractivity contribution in [3.63, 3.8) is 0 Å². The molecule has 4 rings (SSSR count). The molecule has 1 saturated carbocycles. The Morgan fingerprint density at radius 2 is 1.88 bits per heavy atom. The molecule has 0 saturated heterocycles. The number of rotatable bonds is 6. The second kappa shape index (κ2) is 10.9. The van der Waals surface area contributed by atoms with Gasteiger partial charge in [0.05, 0.1) is 31.4 Å². The number of fused-ring (bicyclic) bond motifs is 1. The molecule has 1 fully saturated rings. The number of aromatic nitrogens is 2. The van der Waals surface area contributed by atoms with Crippen LogP contribution >= 0.6 is 45.2 Å². The molecule has 2 aromatic carbocycles. The number of carbonyl (C=O) groups excluding carboxylic acids is 1. The summed E-state index contributed by atoms with van der Waals surface area (Å²) < 4.78 is 13.4. The molecule has 0 spiro atoms. The van der Waals surface area contributed by atoms with Crippen molar-refractivity contribution >= 4 is 68.3 Å². The summed E-state index contributed by atoms with van der Waals surface area (Å²) in [4.78, 5) is 29.6. The van der Waals surface area contributed by atoms with Gasteiger partial charge >= 0.3 is 5.97 Å². The van der Waals surface area contributed by atoms with Crippen LogP contribution in [0.5, 0.6) is 5.75 Å². The van der Waals surface area contributed by atoms with Crippen LogP contribution in [0.15, 0.2) is 46.3 Å². The van der Waals surface area contributed by atoms with E-state index in [0.717, 1.165) is 44.2 Å². The van der Waals surface area contributed by atoms with Crippen molar-refractivity contribution in [3.05, 3.63) is 65.3 Å². The highest BCUT2D eigenvalue weighted by molar-refractivity contribution is 14.1. The molecular weight excluding hydrogens is 648 g/mol. The normalized spacial score (nSPS) is 14.6. The van der Waals surface area contributed by atoms with Crippen LogP contribution in [0.2, 0.25) is 0 Å². The predicted octanol–water partition coefficient (Wildman–Crippen LogP) is 5.09. The first-order valence-electron chi connectivity index (χ1n) is 10.7. The van der Waals surface area contributed by atoms with Gasteiger partial charge in [-0.25, -0.2) is 9.78 Å². The fourth-order valence-electron chi connectivity index (χ4n) is 3.98. The van der Waals surface area contributed by atoms with Gasteiger partial charge in [0.25, 0.3) is 5.56 Å². The smallest absolute Gasteiger partial charge is 0.343 e. The Morgan fingerprint density at radius 3 is 2.58 bits per heavy atom. The lowest BCUT2D eigenvalue weighted by Gasteiger charge is -2.22. The average molecular weight is 671 g/mol. The Kier molecular flexibility index (Phi) is 7.99. The molecule has 1 aliphatic carbocycles. The number of para-hydroxylation sites is 1. The van der Waals surface area contributed by atoms with E-state index in [9.17, 15) is 9.59 Å². The number of benzene rings is 2. The molecule has 0 amide bonds. The lowest BCUT2D eigenvalue weighted by atomic mass is 9.88. The van der Waals surface area contributed by atoms with E-state index < -0.39 is 5.97 Å². The van der Waals surface area contributed by atoms with Gasteiger partial charge in [-0.2, -0.15) is 9.78 Å². The summed E-state index contributed by atoms with van der Waals surface area (Å²) >= 11 is 4.32. The van der Waals surface area contributed by atoms with Crippen molar-refractivity contribution in [1.29, 1.82) is 0 Å². The van der Waals surface area contributed by atoms with E-state index >= 15 is 0 Å². The van der Waals surface area contributed by atoms with E-state index in [1.807, 2.05) is 30.3 Å². The molecule has 0 N–H and O–H groups in total. The first-order valence-corrected chi connectivity index (χ1v) is 12.9. The van der Waals surface area contributed by atoms with Gasteiger partial charge in [0.2, 0.25) is 0 Å².